The van der Waals surface area contributed by atoms with Crippen molar-refractivity contribution in [2.45, 2.75) is 30.2 Å². The fourth-order valence-electron chi connectivity index (χ4n) is 2.35. The number of aryl methyl sites for hydroxylation is 1. The Kier molecular flexibility index (Phi) is 4.11. The van der Waals surface area contributed by atoms with Gasteiger partial charge in [-0.05, 0) is 35.4 Å². The number of tetrazole rings is 1. The molecule has 0 atom stereocenters. The van der Waals surface area contributed by atoms with Crippen LogP contribution < -0.4 is 0 Å². The van der Waals surface area contributed by atoms with E-state index in [-0.39, 0.29) is 10.9 Å². The molecule has 7 nitrogen and oxygen atoms in total. The van der Waals surface area contributed by atoms with Gasteiger partial charge in [-0.2, -0.15) is 4.31 Å². The molecule has 124 valence electrons. The van der Waals surface area contributed by atoms with Gasteiger partial charge in [0, 0.05) is 18.7 Å². The summed E-state index contributed by atoms with van der Waals surface area (Å²) in [5, 5.41) is 11.0. The molecule has 0 spiro atoms. The van der Waals surface area contributed by atoms with Gasteiger partial charge in [-0.15, -0.1) is 5.10 Å². The van der Waals surface area contributed by atoms with Crippen LogP contribution in [0.2, 0.25) is 0 Å². The lowest BCUT2D eigenvalue weighted by atomic mass is 10.2. The van der Waals surface area contributed by atoms with Crippen molar-refractivity contribution in [2.24, 2.45) is 7.05 Å². The highest BCUT2D eigenvalue weighted by molar-refractivity contribution is 7.89. The number of halogens is 2. The number of rotatable bonds is 6. The number of alkyl halides is 2. The molecule has 10 heteroatoms. The Morgan fingerprint density at radius 2 is 2.13 bits per heavy atom. The van der Waals surface area contributed by atoms with Crippen molar-refractivity contribution in [1.82, 2.24) is 24.5 Å². The van der Waals surface area contributed by atoms with E-state index in [1.54, 1.807) is 19.2 Å². The van der Waals surface area contributed by atoms with Gasteiger partial charge < -0.3 is 0 Å². The van der Waals surface area contributed by atoms with Crippen molar-refractivity contribution >= 4 is 10.0 Å². The van der Waals surface area contributed by atoms with Crippen LogP contribution in [-0.4, -0.2) is 51.9 Å². The number of hydrogen-bond acceptors (Lipinski definition) is 5. The lowest BCUT2D eigenvalue weighted by Crippen LogP contribution is -2.36. The Morgan fingerprint density at radius 3 is 2.70 bits per heavy atom. The third kappa shape index (κ3) is 3.22. The van der Waals surface area contributed by atoms with E-state index in [1.807, 2.05) is 0 Å². The summed E-state index contributed by atoms with van der Waals surface area (Å²) in [6.07, 6.45) is -1.49. The molecular weight excluding hydrogens is 328 g/mol. The summed E-state index contributed by atoms with van der Waals surface area (Å²) >= 11 is 0. The quantitative estimate of drug-likeness (QED) is 0.790. The molecule has 1 saturated carbocycles. The van der Waals surface area contributed by atoms with Gasteiger partial charge in [-0.3, -0.25) is 0 Å². The van der Waals surface area contributed by atoms with E-state index < -0.39 is 23.0 Å². The second-order valence-corrected chi connectivity index (χ2v) is 7.24. The van der Waals surface area contributed by atoms with Crippen LogP contribution in [0.25, 0.3) is 11.4 Å². The molecule has 1 aromatic carbocycles. The van der Waals surface area contributed by atoms with Gasteiger partial charge in [0.15, 0.2) is 5.82 Å². The molecule has 1 heterocycles. The molecule has 0 bridgehead atoms. The topological polar surface area (TPSA) is 81.0 Å². The summed E-state index contributed by atoms with van der Waals surface area (Å²) in [6, 6.07) is 5.67. The molecular formula is C13H15F2N5O2S. The summed E-state index contributed by atoms with van der Waals surface area (Å²) in [5.41, 5.74) is 0.506. The van der Waals surface area contributed by atoms with E-state index in [0.717, 1.165) is 4.31 Å². The maximum atomic E-state index is 12.7. The maximum absolute atomic E-state index is 12.7. The highest BCUT2D eigenvalue weighted by Crippen LogP contribution is 2.33. The van der Waals surface area contributed by atoms with Crippen molar-refractivity contribution in [1.29, 1.82) is 0 Å². The van der Waals surface area contributed by atoms with Crippen LogP contribution in [0.4, 0.5) is 8.78 Å². The minimum absolute atomic E-state index is 0.0365. The van der Waals surface area contributed by atoms with E-state index in [0.29, 0.717) is 24.2 Å². The van der Waals surface area contributed by atoms with E-state index in [2.05, 4.69) is 15.5 Å². The standard InChI is InChI=1S/C13H15F2N5O2S/c1-19-13(16-17-18-19)9-3-2-4-11(7-9)23(21,22)20(8-12(14)15)10-5-6-10/h2-4,7,10,12H,5-6,8H2,1H3. The Balaban J connectivity index is 1.98. The van der Waals surface area contributed by atoms with Gasteiger partial charge in [0.2, 0.25) is 10.0 Å². The molecule has 0 aliphatic heterocycles. The van der Waals surface area contributed by atoms with Crippen LogP contribution in [-0.2, 0) is 17.1 Å². The molecule has 0 unspecified atom stereocenters. The average molecular weight is 343 g/mol. The first-order valence-electron chi connectivity index (χ1n) is 7.02. The van der Waals surface area contributed by atoms with Crippen molar-refractivity contribution in [3.63, 3.8) is 0 Å². The first kappa shape index (κ1) is 15.9. The molecule has 0 amide bonds. The maximum Gasteiger partial charge on any atom is 0.252 e. The predicted molar refractivity (Wildman–Crippen MR) is 77.2 cm³/mol. The molecule has 1 aliphatic carbocycles. The van der Waals surface area contributed by atoms with E-state index in [9.17, 15) is 17.2 Å². The van der Waals surface area contributed by atoms with Crippen molar-refractivity contribution in [2.75, 3.05) is 6.54 Å². The van der Waals surface area contributed by atoms with Crippen LogP contribution in [0.5, 0.6) is 0 Å². The Bertz CT molecular complexity index is 804. The monoisotopic (exact) mass is 343 g/mol. The molecule has 1 aromatic heterocycles. The van der Waals surface area contributed by atoms with Gasteiger partial charge in [-0.25, -0.2) is 21.9 Å². The van der Waals surface area contributed by atoms with Gasteiger partial charge in [0.05, 0.1) is 11.4 Å². The molecule has 23 heavy (non-hydrogen) atoms. The van der Waals surface area contributed by atoms with Gasteiger partial charge in [0.1, 0.15) is 0 Å². The third-order valence-corrected chi connectivity index (χ3v) is 5.51. The smallest absolute Gasteiger partial charge is 0.229 e. The van der Waals surface area contributed by atoms with Crippen LogP contribution >= 0.6 is 0 Å². The van der Waals surface area contributed by atoms with Crippen molar-refractivity contribution in [3.05, 3.63) is 24.3 Å². The molecule has 0 radical (unpaired) electrons. The molecule has 0 saturated heterocycles. The fourth-order valence-corrected chi connectivity index (χ4v) is 4.06. The summed E-state index contributed by atoms with van der Waals surface area (Å²) in [7, 11) is -2.36. The van der Waals surface area contributed by atoms with Crippen LogP contribution in [0.1, 0.15) is 12.8 Å². The van der Waals surface area contributed by atoms with E-state index >= 15 is 0 Å². The van der Waals surface area contributed by atoms with E-state index in [1.165, 1.54) is 16.8 Å². The second-order valence-electron chi connectivity index (χ2n) is 5.35. The zero-order valence-corrected chi connectivity index (χ0v) is 13.1. The lowest BCUT2D eigenvalue weighted by molar-refractivity contribution is 0.117. The molecule has 0 N–H and O–H groups in total. The minimum atomic E-state index is -3.98. The summed E-state index contributed by atoms with van der Waals surface area (Å²) < 4.78 is 53.2. The number of sulfonamides is 1. The molecule has 3 rings (SSSR count). The van der Waals surface area contributed by atoms with Crippen LogP contribution in [0.15, 0.2) is 29.2 Å². The summed E-state index contributed by atoms with van der Waals surface area (Å²) in [5.74, 6) is 0.397. The van der Waals surface area contributed by atoms with Gasteiger partial charge in [0.25, 0.3) is 6.43 Å². The molecule has 2 aromatic rings. The SMILES string of the molecule is Cn1nnnc1-c1cccc(S(=O)(=O)N(CC(F)F)C2CC2)c1. The fraction of sp³-hybridized carbons (Fsp3) is 0.462. The highest BCUT2D eigenvalue weighted by atomic mass is 32.2. The zero-order chi connectivity index (χ0) is 16.6. The number of benzene rings is 1. The Labute approximate surface area is 132 Å². The van der Waals surface area contributed by atoms with Crippen LogP contribution in [0, 0.1) is 0 Å². The highest BCUT2D eigenvalue weighted by Gasteiger charge is 2.39. The predicted octanol–water partition coefficient (Wildman–Crippen LogP) is 1.30. The zero-order valence-electron chi connectivity index (χ0n) is 12.3. The normalized spacial score (nSPS) is 15.5. The molecule has 1 fully saturated rings. The third-order valence-electron chi connectivity index (χ3n) is 3.59. The van der Waals surface area contributed by atoms with Gasteiger partial charge in [-0.1, -0.05) is 12.1 Å². The van der Waals surface area contributed by atoms with E-state index in [4.69, 9.17) is 0 Å². The first-order valence-corrected chi connectivity index (χ1v) is 8.46. The van der Waals surface area contributed by atoms with Crippen LogP contribution in [0.3, 0.4) is 0 Å². The Morgan fingerprint density at radius 1 is 1.39 bits per heavy atom. The number of aromatic nitrogens is 4. The Hall–Kier alpha value is -1.94. The molecule has 1 aliphatic rings. The van der Waals surface area contributed by atoms with Crippen molar-refractivity contribution < 1.29 is 17.2 Å². The number of hydrogen-bond donors (Lipinski definition) is 0. The number of nitrogens with zero attached hydrogens (tertiary/aromatic N) is 5. The lowest BCUT2D eigenvalue weighted by Gasteiger charge is -2.21. The van der Waals surface area contributed by atoms with Crippen molar-refractivity contribution in [3.8, 4) is 11.4 Å². The summed E-state index contributed by atoms with van der Waals surface area (Å²) in [6.45, 7) is -0.789. The van der Waals surface area contributed by atoms with Gasteiger partial charge >= 0.3 is 0 Å². The largest absolute Gasteiger partial charge is 0.252 e. The second kappa shape index (κ2) is 5.93. The summed E-state index contributed by atoms with van der Waals surface area (Å²) in [4.78, 5) is -0.0365. The first-order chi connectivity index (χ1) is 10.9. The minimum Gasteiger partial charge on any atom is -0.229 e. The average Bonchev–Trinajstić information content (AvgIpc) is 3.25.